The Balaban J connectivity index is 1.24. The molecule has 2 saturated heterocycles. The molecule has 2 aliphatic heterocycles. The molecule has 0 bridgehead atoms. The van der Waals surface area contributed by atoms with Gasteiger partial charge in [-0.1, -0.05) is 12.8 Å². The second-order valence-electron chi connectivity index (χ2n) is 8.67. The number of likely N-dealkylation sites (tertiary alicyclic amines) is 1. The zero-order chi connectivity index (χ0) is 23.8. The SMILES string of the molecule is O=C(CNc1ccc(C(=O)N2CCOCC2)cc1)Nc1ccc(C(=O)N2CCCCCC2)cc1. The Morgan fingerprint density at radius 2 is 1.18 bits per heavy atom. The number of morpholine rings is 1. The minimum absolute atomic E-state index is 0.00892. The summed E-state index contributed by atoms with van der Waals surface area (Å²) in [5.41, 5.74) is 2.66. The number of nitrogens with zero attached hydrogens (tertiary/aromatic N) is 2. The molecule has 2 N–H and O–H groups in total. The molecule has 0 saturated carbocycles. The van der Waals surface area contributed by atoms with Gasteiger partial charge in [-0.2, -0.15) is 0 Å². The molecule has 180 valence electrons. The van der Waals surface area contributed by atoms with Crippen molar-refractivity contribution in [3.05, 3.63) is 59.7 Å². The van der Waals surface area contributed by atoms with Gasteiger partial charge in [0.15, 0.2) is 0 Å². The number of ether oxygens (including phenoxy) is 1. The van der Waals surface area contributed by atoms with Crippen molar-refractivity contribution in [2.45, 2.75) is 25.7 Å². The Morgan fingerprint density at radius 1 is 0.676 bits per heavy atom. The van der Waals surface area contributed by atoms with Crippen molar-refractivity contribution in [1.29, 1.82) is 0 Å². The molecule has 8 heteroatoms. The van der Waals surface area contributed by atoms with E-state index in [-0.39, 0.29) is 24.3 Å². The van der Waals surface area contributed by atoms with E-state index in [2.05, 4.69) is 10.6 Å². The number of benzene rings is 2. The number of carbonyl (C=O) groups is 3. The van der Waals surface area contributed by atoms with Crippen LogP contribution in [-0.2, 0) is 9.53 Å². The van der Waals surface area contributed by atoms with Crippen LogP contribution in [0.3, 0.4) is 0 Å². The minimum Gasteiger partial charge on any atom is -0.378 e. The summed E-state index contributed by atoms with van der Waals surface area (Å²) >= 11 is 0. The number of rotatable bonds is 6. The Bertz CT molecular complexity index is 977. The van der Waals surface area contributed by atoms with Crippen LogP contribution in [0, 0.1) is 0 Å². The number of hydrogen-bond donors (Lipinski definition) is 2. The van der Waals surface area contributed by atoms with Crippen molar-refractivity contribution in [1.82, 2.24) is 9.80 Å². The van der Waals surface area contributed by atoms with Gasteiger partial charge in [0.25, 0.3) is 11.8 Å². The second-order valence-corrected chi connectivity index (χ2v) is 8.67. The van der Waals surface area contributed by atoms with E-state index >= 15 is 0 Å². The largest absolute Gasteiger partial charge is 0.378 e. The Hall–Kier alpha value is -3.39. The predicted molar refractivity (Wildman–Crippen MR) is 131 cm³/mol. The fourth-order valence-corrected chi connectivity index (χ4v) is 4.22. The highest BCUT2D eigenvalue weighted by molar-refractivity contribution is 5.97. The highest BCUT2D eigenvalue weighted by atomic mass is 16.5. The lowest BCUT2D eigenvalue weighted by molar-refractivity contribution is -0.114. The summed E-state index contributed by atoms with van der Waals surface area (Å²) in [6, 6.07) is 14.2. The van der Waals surface area contributed by atoms with E-state index in [1.165, 1.54) is 12.8 Å². The fraction of sp³-hybridized carbons (Fsp3) is 0.423. The third kappa shape index (κ3) is 6.35. The van der Waals surface area contributed by atoms with Crippen molar-refractivity contribution in [3.8, 4) is 0 Å². The predicted octanol–water partition coefficient (Wildman–Crippen LogP) is 3.23. The summed E-state index contributed by atoms with van der Waals surface area (Å²) in [6.07, 6.45) is 4.47. The van der Waals surface area contributed by atoms with Gasteiger partial charge in [0.05, 0.1) is 19.8 Å². The first-order chi connectivity index (χ1) is 16.6. The maximum atomic E-state index is 12.7. The van der Waals surface area contributed by atoms with Gasteiger partial charge in [0, 0.05) is 48.7 Å². The molecule has 3 amide bonds. The minimum atomic E-state index is -0.194. The van der Waals surface area contributed by atoms with E-state index in [1.54, 1.807) is 53.4 Å². The van der Waals surface area contributed by atoms with E-state index < -0.39 is 0 Å². The summed E-state index contributed by atoms with van der Waals surface area (Å²) in [6.45, 7) is 4.05. The normalized spacial score (nSPS) is 16.5. The molecule has 2 aromatic rings. The third-order valence-electron chi connectivity index (χ3n) is 6.19. The van der Waals surface area contributed by atoms with Crippen molar-refractivity contribution >= 4 is 29.1 Å². The molecule has 0 unspecified atom stereocenters. The number of amides is 3. The molecular weight excluding hydrogens is 432 g/mol. The van der Waals surface area contributed by atoms with E-state index in [0.717, 1.165) is 31.6 Å². The van der Waals surface area contributed by atoms with Crippen LogP contribution < -0.4 is 10.6 Å². The Kier molecular flexibility index (Phi) is 8.14. The van der Waals surface area contributed by atoms with Gasteiger partial charge in [-0.15, -0.1) is 0 Å². The highest BCUT2D eigenvalue weighted by Gasteiger charge is 2.19. The lowest BCUT2D eigenvalue weighted by atomic mass is 10.1. The van der Waals surface area contributed by atoms with Crippen molar-refractivity contribution in [2.75, 3.05) is 56.6 Å². The second kappa shape index (κ2) is 11.7. The van der Waals surface area contributed by atoms with Crippen LogP contribution in [0.15, 0.2) is 48.5 Å². The number of nitrogens with one attached hydrogen (secondary N) is 2. The van der Waals surface area contributed by atoms with Crippen LogP contribution in [0.25, 0.3) is 0 Å². The van der Waals surface area contributed by atoms with Crippen LogP contribution in [0.4, 0.5) is 11.4 Å². The molecule has 2 aromatic carbocycles. The Labute approximate surface area is 200 Å². The summed E-state index contributed by atoms with van der Waals surface area (Å²) in [7, 11) is 0. The quantitative estimate of drug-likeness (QED) is 0.685. The summed E-state index contributed by atoms with van der Waals surface area (Å²) in [5, 5.41) is 5.91. The molecule has 8 nitrogen and oxygen atoms in total. The molecule has 0 radical (unpaired) electrons. The molecular formula is C26H32N4O4. The van der Waals surface area contributed by atoms with Crippen molar-refractivity contribution < 1.29 is 19.1 Å². The molecule has 2 aliphatic rings. The first-order valence-electron chi connectivity index (χ1n) is 12.0. The van der Waals surface area contributed by atoms with Crippen LogP contribution in [0.5, 0.6) is 0 Å². The lowest BCUT2D eigenvalue weighted by Crippen LogP contribution is -2.40. The molecule has 4 rings (SSSR count). The first-order valence-corrected chi connectivity index (χ1v) is 12.0. The molecule has 0 aliphatic carbocycles. The van der Waals surface area contributed by atoms with Gasteiger partial charge in [-0.25, -0.2) is 0 Å². The topological polar surface area (TPSA) is 91.0 Å². The van der Waals surface area contributed by atoms with Crippen LogP contribution >= 0.6 is 0 Å². The van der Waals surface area contributed by atoms with Crippen molar-refractivity contribution in [2.24, 2.45) is 0 Å². The Morgan fingerprint density at radius 3 is 1.74 bits per heavy atom. The van der Waals surface area contributed by atoms with E-state index in [9.17, 15) is 14.4 Å². The summed E-state index contributed by atoms with van der Waals surface area (Å²) in [4.78, 5) is 41.3. The standard InChI is InChI=1S/C26H32N4O4/c31-24(19-27-22-9-5-20(6-10-22)26(33)30-15-17-34-18-16-30)28-23-11-7-21(8-12-23)25(32)29-13-3-1-2-4-14-29/h5-12,27H,1-4,13-19H2,(H,28,31). The molecule has 2 heterocycles. The fourth-order valence-electron chi connectivity index (χ4n) is 4.22. The van der Waals surface area contributed by atoms with Crippen LogP contribution in [0.1, 0.15) is 46.4 Å². The van der Waals surface area contributed by atoms with Gasteiger partial charge < -0.3 is 25.2 Å². The lowest BCUT2D eigenvalue weighted by Gasteiger charge is -2.26. The monoisotopic (exact) mass is 464 g/mol. The summed E-state index contributed by atoms with van der Waals surface area (Å²) < 4.78 is 5.29. The zero-order valence-corrected chi connectivity index (χ0v) is 19.4. The average Bonchev–Trinajstić information content (AvgIpc) is 3.18. The molecule has 0 atom stereocenters. The first kappa shape index (κ1) is 23.8. The van der Waals surface area contributed by atoms with E-state index in [1.807, 2.05) is 4.90 Å². The van der Waals surface area contributed by atoms with Gasteiger partial charge >= 0.3 is 0 Å². The third-order valence-corrected chi connectivity index (χ3v) is 6.19. The molecule has 2 fully saturated rings. The maximum Gasteiger partial charge on any atom is 0.254 e. The van der Waals surface area contributed by atoms with Crippen LogP contribution in [0.2, 0.25) is 0 Å². The van der Waals surface area contributed by atoms with E-state index in [0.29, 0.717) is 43.1 Å². The highest BCUT2D eigenvalue weighted by Crippen LogP contribution is 2.16. The molecule has 34 heavy (non-hydrogen) atoms. The maximum absolute atomic E-state index is 12.7. The number of anilines is 2. The van der Waals surface area contributed by atoms with Gasteiger partial charge in [-0.3, -0.25) is 14.4 Å². The van der Waals surface area contributed by atoms with E-state index in [4.69, 9.17) is 4.74 Å². The number of hydrogen-bond acceptors (Lipinski definition) is 5. The zero-order valence-electron chi connectivity index (χ0n) is 19.4. The van der Waals surface area contributed by atoms with Gasteiger partial charge in [0.1, 0.15) is 0 Å². The number of carbonyl (C=O) groups excluding carboxylic acids is 3. The summed E-state index contributed by atoms with van der Waals surface area (Å²) in [5.74, 6) is -0.151. The van der Waals surface area contributed by atoms with Gasteiger partial charge in [-0.05, 0) is 61.4 Å². The molecule has 0 spiro atoms. The molecule has 0 aromatic heterocycles. The average molecular weight is 465 g/mol. The smallest absolute Gasteiger partial charge is 0.254 e. The van der Waals surface area contributed by atoms with Gasteiger partial charge in [0.2, 0.25) is 5.91 Å². The van der Waals surface area contributed by atoms with Crippen molar-refractivity contribution in [3.63, 3.8) is 0 Å². The van der Waals surface area contributed by atoms with Crippen LogP contribution in [-0.4, -0.2) is 73.5 Å².